The van der Waals surface area contributed by atoms with E-state index in [1.165, 1.54) is 18.7 Å². The van der Waals surface area contributed by atoms with Crippen LogP contribution in [-0.2, 0) is 20.7 Å². The molecule has 0 bridgehead atoms. The Morgan fingerprint density at radius 2 is 2.04 bits per heavy atom. The Balaban J connectivity index is 2.16. The summed E-state index contributed by atoms with van der Waals surface area (Å²) in [6, 6.07) is 1.70. The fourth-order valence-corrected chi connectivity index (χ4v) is 2.65. The van der Waals surface area contributed by atoms with E-state index in [0.29, 0.717) is 22.2 Å². The molecule has 2 rings (SSSR count). The molecule has 0 saturated heterocycles. The maximum atomic E-state index is 12.1. The number of nitriles is 1. The van der Waals surface area contributed by atoms with Crippen molar-refractivity contribution in [3.05, 3.63) is 28.2 Å². The summed E-state index contributed by atoms with van der Waals surface area (Å²) >= 11 is 1.39. The molecule has 0 spiro atoms. The van der Waals surface area contributed by atoms with Crippen LogP contribution in [0.4, 0.5) is 0 Å². The highest BCUT2D eigenvalue weighted by Crippen LogP contribution is 2.17. The first-order valence-electron chi connectivity index (χ1n) is 7.60. The monoisotopic (exact) mass is 374 g/mol. The Morgan fingerprint density at radius 3 is 2.62 bits per heavy atom. The Hall–Kier alpha value is -2.93. The minimum Gasteiger partial charge on any atom is -0.457 e. The van der Waals surface area contributed by atoms with Crippen LogP contribution in [-0.4, -0.2) is 44.2 Å². The van der Waals surface area contributed by atoms with Crippen LogP contribution < -0.4 is 5.73 Å². The van der Waals surface area contributed by atoms with Crippen molar-refractivity contribution in [3.63, 3.8) is 0 Å². The van der Waals surface area contributed by atoms with E-state index < -0.39 is 18.4 Å². The van der Waals surface area contributed by atoms with Crippen LogP contribution in [0.25, 0.3) is 5.78 Å². The van der Waals surface area contributed by atoms with Gasteiger partial charge in [0.1, 0.15) is 11.6 Å². The van der Waals surface area contributed by atoms with Crippen LogP contribution in [0.3, 0.4) is 0 Å². The molecule has 0 unspecified atom stereocenters. The van der Waals surface area contributed by atoms with Crippen molar-refractivity contribution < 1.29 is 14.3 Å². The molecular formula is C16H18N6O3S. The fourth-order valence-electron chi connectivity index (χ4n) is 2.32. The highest BCUT2D eigenvalue weighted by Gasteiger charge is 2.18. The number of carbonyl (C=O) groups is 2. The predicted molar refractivity (Wildman–Crippen MR) is 94.2 cm³/mol. The van der Waals surface area contributed by atoms with Crippen molar-refractivity contribution in [2.75, 3.05) is 12.9 Å². The van der Waals surface area contributed by atoms with E-state index >= 15 is 0 Å². The van der Waals surface area contributed by atoms with Gasteiger partial charge in [0.05, 0.1) is 6.42 Å². The number of hydrogen-bond acceptors (Lipinski definition) is 9. The van der Waals surface area contributed by atoms with Gasteiger partial charge in [-0.2, -0.15) is 10.2 Å². The fraction of sp³-hybridized carbons (Fsp3) is 0.375. The van der Waals surface area contributed by atoms with Crippen LogP contribution in [0.5, 0.6) is 0 Å². The highest BCUT2D eigenvalue weighted by atomic mass is 32.2. The smallest absolute Gasteiger partial charge is 0.310 e. The Kier molecular flexibility index (Phi) is 5.94. The molecule has 2 aromatic rings. The van der Waals surface area contributed by atoms with Gasteiger partial charge in [-0.15, -0.1) is 5.10 Å². The van der Waals surface area contributed by atoms with E-state index in [-0.39, 0.29) is 17.7 Å². The molecule has 0 radical (unpaired) electrons. The second-order valence-electron chi connectivity index (χ2n) is 5.50. The molecule has 0 fully saturated rings. The van der Waals surface area contributed by atoms with E-state index in [2.05, 4.69) is 15.1 Å². The molecule has 9 nitrogen and oxygen atoms in total. The zero-order valence-corrected chi connectivity index (χ0v) is 15.7. The lowest BCUT2D eigenvalue weighted by molar-refractivity contribution is -0.146. The zero-order chi connectivity index (χ0) is 19.4. The van der Waals surface area contributed by atoms with Crippen LogP contribution >= 0.6 is 11.8 Å². The normalized spacial score (nSPS) is 11.8. The molecule has 0 aliphatic carbocycles. The first-order chi connectivity index (χ1) is 12.3. The average Bonchev–Trinajstić information content (AvgIpc) is 3.00. The number of nitrogens with zero attached hydrogens (tertiary/aromatic N) is 5. The van der Waals surface area contributed by atoms with E-state index in [9.17, 15) is 9.59 Å². The molecule has 0 atom stereocenters. The number of fused-ring (bicyclic) bond motifs is 1. The van der Waals surface area contributed by atoms with Gasteiger partial charge in [0.25, 0.3) is 5.78 Å². The number of hydrogen-bond donors (Lipinski definition) is 1. The van der Waals surface area contributed by atoms with Gasteiger partial charge in [0.15, 0.2) is 6.61 Å². The van der Waals surface area contributed by atoms with Gasteiger partial charge in [0, 0.05) is 22.6 Å². The van der Waals surface area contributed by atoms with Crippen molar-refractivity contribution >= 4 is 29.3 Å². The van der Waals surface area contributed by atoms with Crippen LogP contribution in [0, 0.1) is 25.2 Å². The standard InChI is InChI=1S/C16H18N6O3S/c1-8(18)12(6-17)13(23)7-25-14(24)5-11-9(2)19-15-20-16(26-4)21-22(15)10(11)3/h5,7,18H2,1-4H3. The van der Waals surface area contributed by atoms with Crippen molar-refractivity contribution in [2.24, 2.45) is 5.73 Å². The van der Waals surface area contributed by atoms with Crippen molar-refractivity contribution in [2.45, 2.75) is 32.3 Å². The average molecular weight is 374 g/mol. The zero-order valence-electron chi connectivity index (χ0n) is 14.9. The largest absolute Gasteiger partial charge is 0.457 e. The molecule has 2 aromatic heterocycles. The van der Waals surface area contributed by atoms with Gasteiger partial charge < -0.3 is 10.5 Å². The van der Waals surface area contributed by atoms with Crippen molar-refractivity contribution in [1.29, 1.82) is 5.26 Å². The highest BCUT2D eigenvalue weighted by molar-refractivity contribution is 7.98. The summed E-state index contributed by atoms with van der Waals surface area (Å²) < 4.78 is 6.55. The summed E-state index contributed by atoms with van der Waals surface area (Å²) in [6.07, 6.45) is 1.79. The van der Waals surface area contributed by atoms with Crippen molar-refractivity contribution in [3.8, 4) is 6.07 Å². The Morgan fingerprint density at radius 1 is 1.35 bits per heavy atom. The van der Waals surface area contributed by atoms with Gasteiger partial charge in [-0.05, 0) is 27.0 Å². The minimum atomic E-state index is -0.635. The number of rotatable bonds is 6. The molecular weight excluding hydrogens is 356 g/mol. The van der Waals surface area contributed by atoms with E-state index in [1.54, 1.807) is 17.5 Å². The molecule has 10 heteroatoms. The van der Waals surface area contributed by atoms with Gasteiger partial charge in [0.2, 0.25) is 10.9 Å². The SMILES string of the molecule is CSc1nc2nc(C)c(CC(=O)OCC(=O)C(C#N)=C(C)N)c(C)n2n1. The first-order valence-corrected chi connectivity index (χ1v) is 8.83. The molecule has 0 aromatic carbocycles. The molecule has 26 heavy (non-hydrogen) atoms. The Labute approximate surface area is 154 Å². The third-order valence-corrected chi connectivity index (χ3v) is 4.22. The van der Waals surface area contributed by atoms with E-state index in [4.69, 9.17) is 15.7 Å². The molecule has 0 amide bonds. The molecule has 0 aliphatic rings. The molecule has 2 N–H and O–H groups in total. The Bertz CT molecular complexity index is 953. The second kappa shape index (κ2) is 7.97. The topological polar surface area (TPSA) is 136 Å². The summed E-state index contributed by atoms with van der Waals surface area (Å²) in [5.41, 5.74) is 7.34. The summed E-state index contributed by atoms with van der Waals surface area (Å²) in [7, 11) is 0. The molecule has 136 valence electrons. The summed E-state index contributed by atoms with van der Waals surface area (Å²) in [5, 5.41) is 13.8. The number of esters is 1. The molecule has 0 aliphatic heterocycles. The van der Waals surface area contributed by atoms with Gasteiger partial charge in [-0.3, -0.25) is 9.59 Å². The van der Waals surface area contributed by atoms with Gasteiger partial charge in [-0.25, -0.2) is 9.50 Å². The minimum absolute atomic E-state index is 0.0739. The third kappa shape index (κ3) is 4.00. The number of thioether (sulfide) groups is 1. The number of Topliss-reactive ketones (excluding diaryl/α,β-unsaturated/α-hetero) is 1. The van der Waals surface area contributed by atoms with Gasteiger partial charge in [-0.1, -0.05) is 11.8 Å². The summed E-state index contributed by atoms with van der Waals surface area (Å²) in [4.78, 5) is 32.6. The van der Waals surface area contributed by atoms with Crippen molar-refractivity contribution in [1.82, 2.24) is 19.6 Å². The predicted octanol–water partition coefficient (Wildman–Crippen LogP) is 0.874. The third-order valence-electron chi connectivity index (χ3n) is 3.68. The number of allylic oxidation sites excluding steroid dienone is 1. The second-order valence-corrected chi connectivity index (χ2v) is 6.28. The lowest BCUT2D eigenvalue weighted by atomic mass is 10.1. The number of aryl methyl sites for hydroxylation is 2. The number of ether oxygens (including phenoxy) is 1. The van der Waals surface area contributed by atoms with Crippen LogP contribution in [0.2, 0.25) is 0 Å². The number of ketones is 1. The first kappa shape index (κ1) is 19.4. The lowest BCUT2D eigenvalue weighted by Crippen LogP contribution is -2.19. The van der Waals surface area contributed by atoms with Crippen LogP contribution in [0.1, 0.15) is 23.9 Å². The number of aromatic nitrogens is 4. The number of carbonyl (C=O) groups excluding carboxylic acids is 2. The summed E-state index contributed by atoms with van der Waals surface area (Å²) in [6.45, 7) is 4.47. The summed E-state index contributed by atoms with van der Waals surface area (Å²) in [5.74, 6) is -0.787. The van der Waals surface area contributed by atoms with Gasteiger partial charge >= 0.3 is 5.97 Å². The molecule has 0 saturated carbocycles. The maximum Gasteiger partial charge on any atom is 0.310 e. The van der Waals surface area contributed by atoms with E-state index in [1.807, 2.05) is 13.2 Å². The maximum absolute atomic E-state index is 12.1. The lowest BCUT2D eigenvalue weighted by Gasteiger charge is -2.10. The van der Waals surface area contributed by atoms with Crippen LogP contribution in [0.15, 0.2) is 16.4 Å². The van der Waals surface area contributed by atoms with E-state index in [0.717, 1.165) is 5.69 Å². The number of nitrogens with two attached hydrogens (primary N) is 1. The quantitative estimate of drug-likeness (QED) is 0.338. The molecule has 2 heterocycles.